The number of hydrogen-bond acceptors (Lipinski definition) is 5. The summed E-state index contributed by atoms with van der Waals surface area (Å²) < 4.78 is 10.2. The van der Waals surface area contributed by atoms with Crippen LogP contribution in [0.2, 0.25) is 0 Å². The highest BCUT2D eigenvalue weighted by atomic mass is 16.6. The zero-order valence-electron chi connectivity index (χ0n) is 14.2. The molecule has 0 bridgehead atoms. The van der Waals surface area contributed by atoms with Crippen LogP contribution < -0.4 is 5.32 Å². The molecule has 1 amide bonds. The zero-order valence-corrected chi connectivity index (χ0v) is 14.2. The molecule has 22 heavy (non-hydrogen) atoms. The second-order valence-corrected chi connectivity index (χ2v) is 7.07. The van der Waals surface area contributed by atoms with Crippen molar-refractivity contribution in [1.29, 1.82) is 0 Å². The standard InChI is InChI=1S/C15H27NO6/c1-14(2,3)21-12(19)8-7-10(9-11(17)18)16-13(20)22-15(4,5)6/h10H,7-9H2,1-6H3,(H,16,20)(H,17,18). The van der Waals surface area contributed by atoms with Crippen molar-refractivity contribution in [2.24, 2.45) is 0 Å². The zero-order chi connectivity index (χ0) is 17.6. The summed E-state index contributed by atoms with van der Waals surface area (Å²) in [6.07, 6.45) is -0.809. The summed E-state index contributed by atoms with van der Waals surface area (Å²) >= 11 is 0. The van der Waals surface area contributed by atoms with Crippen LogP contribution >= 0.6 is 0 Å². The average molecular weight is 317 g/mol. The van der Waals surface area contributed by atoms with Gasteiger partial charge in [-0.05, 0) is 48.0 Å². The lowest BCUT2D eigenvalue weighted by Gasteiger charge is -2.23. The molecular formula is C15H27NO6. The summed E-state index contributed by atoms with van der Waals surface area (Å²) in [5.41, 5.74) is -1.28. The number of carboxylic acid groups (broad SMARTS) is 1. The van der Waals surface area contributed by atoms with Crippen LogP contribution in [0.15, 0.2) is 0 Å². The molecule has 1 unspecified atom stereocenters. The van der Waals surface area contributed by atoms with Gasteiger partial charge >= 0.3 is 18.0 Å². The number of aliphatic carboxylic acids is 1. The van der Waals surface area contributed by atoms with Crippen LogP contribution in [0.3, 0.4) is 0 Å². The van der Waals surface area contributed by atoms with Crippen molar-refractivity contribution < 1.29 is 29.0 Å². The van der Waals surface area contributed by atoms with Crippen LogP contribution in [0, 0.1) is 0 Å². The van der Waals surface area contributed by atoms with Crippen LogP contribution in [0.4, 0.5) is 4.79 Å². The number of alkyl carbamates (subject to hydrolysis) is 1. The van der Waals surface area contributed by atoms with Crippen LogP contribution in [-0.2, 0) is 19.1 Å². The lowest BCUT2D eigenvalue weighted by Crippen LogP contribution is -2.40. The van der Waals surface area contributed by atoms with E-state index in [0.29, 0.717) is 0 Å². The monoisotopic (exact) mass is 317 g/mol. The van der Waals surface area contributed by atoms with Crippen LogP contribution in [-0.4, -0.2) is 40.4 Å². The van der Waals surface area contributed by atoms with Gasteiger partial charge in [0.1, 0.15) is 11.2 Å². The number of hydrogen-bond donors (Lipinski definition) is 2. The number of carbonyl (C=O) groups is 3. The molecular weight excluding hydrogens is 290 g/mol. The Morgan fingerprint density at radius 2 is 1.50 bits per heavy atom. The maximum Gasteiger partial charge on any atom is 0.407 e. The fourth-order valence-electron chi connectivity index (χ4n) is 1.59. The number of ether oxygens (including phenoxy) is 2. The fourth-order valence-corrected chi connectivity index (χ4v) is 1.59. The van der Waals surface area contributed by atoms with E-state index in [1.165, 1.54) is 0 Å². The van der Waals surface area contributed by atoms with Crippen LogP contribution in [0.25, 0.3) is 0 Å². The summed E-state index contributed by atoms with van der Waals surface area (Å²) in [4.78, 5) is 34.2. The first kappa shape index (κ1) is 20.2. The van der Waals surface area contributed by atoms with Gasteiger partial charge in [-0.3, -0.25) is 9.59 Å². The third-order valence-electron chi connectivity index (χ3n) is 2.26. The molecule has 0 aliphatic heterocycles. The number of nitrogens with one attached hydrogen (secondary N) is 1. The van der Waals surface area contributed by atoms with Gasteiger partial charge in [0.2, 0.25) is 0 Å². The quantitative estimate of drug-likeness (QED) is 0.730. The predicted octanol–water partition coefficient (Wildman–Crippen LogP) is 2.48. The molecule has 0 radical (unpaired) electrons. The number of amides is 1. The van der Waals surface area contributed by atoms with E-state index in [0.717, 1.165) is 0 Å². The molecule has 0 fully saturated rings. The highest BCUT2D eigenvalue weighted by Crippen LogP contribution is 2.12. The number of esters is 1. The maximum absolute atomic E-state index is 11.7. The van der Waals surface area contributed by atoms with E-state index in [-0.39, 0.29) is 19.3 Å². The molecule has 128 valence electrons. The molecule has 0 saturated heterocycles. The van der Waals surface area contributed by atoms with Gasteiger partial charge in [0.05, 0.1) is 6.42 Å². The van der Waals surface area contributed by atoms with Gasteiger partial charge in [-0.1, -0.05) is 0 Å². The third kappa shape index (κ3) is 12.0. The molecule has 0 aliphatic rings. The molecule has 0 aromatic heterocycles. The van der Waals surface area contributed by atoms with Crippen molar-refractivity contribution in [3.05, 3.63) is 0 Å². The highest BCUT2D eigenvalue weighted by Gasteiger charge is 2.23. The van der Waals surface area contributed by atoms with Gasteiger partial charge in [0, 0.05) is 12.5 Å². The summed E-state index contributed by atoms with van der Waals surface area (Å²) in [5, 5.41) is 11.3. The van der Waals surface area contributed by atoms with Crippen molar-refractivity contribution in [2.45, 2.75) is 78.0 Å². The van der Waals surface area contributed by atoms with Crippen molar-refractivity contribution in [3.8, 4) is 0 Å². The van der Waals surface area contributed by atoms with E-state index in [9.17, 15) is 14.4 Å². The first-order chi connectivity index (χ1) is 9.78. The second kappa shape index (κ2) is 8.00. The smallest absolute Gasteiger partial charge is 0.407 e. The van der Waals surface area contributed by atoms with E-state index < -0.39 is 35.3 Å². The van der Waals surface area contributed by atoms with Crippen molar-refractivity contribution in [2.75, 3.05) is 0 Å². The molecule has 1 atom stereocenters. The largest absolute Gasteiger partial charge is 0.481 e. The van der Waals surface area contributed by atoms with E-state index in [1.54, 1.807) is 41.5 Å². The molecule has 0 heterocycles. The first-order valence-corrected chi connectivity index (χ1v) is 7.21. The van der Waals surface area contributed by atoms with E-state index in [1.807, 2.05) is 0 Å². The van der Waals surface area contributed by atoms with Crippen molar-refractivity contribution >= 4 is 18.0 Å². The summed E-state index contributed by atoms with van der Waals surface area (Å²) in [5.74, 6) is -1.50. The Hall–Kier alpha value is -1.79. The minimum atomic E-state index is -1.06. The molecule has 0 saturated carbocycles. The lowest BCUT2D eigenvalue weighted by atomic mass is 10.1. The molecule has 7 nitrogen and oxygen atoms in total. The molecule has 2 N–H and O–H groups in total. The molecule has 7 heteroatoms. The minimum absolute atomic E-state index is 0.0189. The Morgan fingerprint density at radius 3 is 1.91 bits per heavy atom. The van der Waals surface area contributed by atoms with Gasteiger partial charge in [-0.15, -0.1) is 0 Å². The van der Waals surface area contributed by atoms with E-state index in [2.05, 4.69) is 5.32 Å². The Bertz CT molecular complexity index is 405. The van der Waals surface area contributed by atoms with Gasteiger partial charge < -0.3 is 19.9 Å². The topological polar surface area (TPSA) is 102 Å². The molecule has 0 rings (SSSR count). The van der Waals surface area contributed by atoms with Gasteiger partial charge in [0.25, 0.3) is 0 Å². The molecule has 0 aromatic rings. The van der Waals surface area contributed by atoms with Gasteiger partial charge in [-0.25, -0.2) is 4.79 Å². The first-order valence-electron chi connectivity index (χ1n) is 7.21. The molecule has 0 aliphatic carbocycles. The highest BCUT2D eigenvalue weighted by molar-refractivity contribution is 5.73. The summed E-state index contributed by atoms with van der Waals surface area (Å²) in [6, 6.07) is -0.695. The fraction of sp³-hybridized carbons (Fsp3) is 0.800. The summed E-state index contributed by atoms with van der Waals surface area (Å²) in [7, 11) is 0. The Kier molecular flexibility index (Phi) is 7.35. The van der Waals surface area contributed by atoms with Gasteiger partial charge in [-0.2, -0.15) is 0 Å². The van der Waals surface area contributed by atoms with Crippen LogP contribution in [0.1, 0.15) is 60.8 Å². The number of carbonyl (C=O) groups excluding carboxylic acids is 2. The molecule has 0 spiro atoms. The van der Waals surface area contributed by atoms with Gasteiger partial charge in [0.15, 0.2) is 0 Å². The normalized spacial score (nSPS) is 13.2. The molecule has 0 aromatic carbocycles. The SMILES string of the molecule is CC(C)(C)OC(=O)CCC(CC(=O)O)NC(=O)OC(C)(C)C. The number of rotatable bonds is 6. The van der Waals surface area contributed by atoms with Crippen molar-refractivity contribution in [3.63, 3.8) is 0 Å². The lowest BCUT2D eigenvalue weighted by molar-refractivity contribution is -0.155. The average Bonchev–Trinajstić information content (AvgIpc) is 2.19. The predicted molar refractivity (Wildman–Crippen MR) is 80.5 cm³/mol. The Balaban J connectivity index is 4.50. The Labute approximate surface area is 131 Å². The number of carboxylic acids is 1. The van der Waals surface area contributed by atoms with E-state index in [4.69, 9.17) is 14.6 Å². The third-order valence-corrected chi connectivity index (χ3v) is 2.26. The Morgan fingerprint density at radius 1 is 1.00 bits per heavy atom. The maximum atomic E-state index is 11.7. The van der Waals surface area contributed by atoms with E-state index >= 15 is 0 Å². The van der Waals surface area contributed by atoms with Crippen molar-refractivity contribution in [1.82, 2.24) is 5.32 Å². The van der Waals surface area contributed by atoms with Crippen LogP contribution in [0.5, 0.6) is 0 Å². The minimum Gasteiger partial charge on any atom is -0.481 e. The second-order valence-electron chi connectivity index (χ2n) is 7.07. The summed E-state index contributed by atoms with van der Waals surface area (Å²) in [6.45, 7) is 10.4.